The predicted octanol–water partition coefficient (Wildman–Crippen LogP) is 1.86. The van der Waals surface area contributed by atoms with Crippen molar-refractivity contribution in [2.24, 2.45) is 0 Å². The van der Waals surface area contributed by atoms with Gasteiger partial charge in [-0.2, -0.15) is 0 Å². The minimum Gasteiger partial charge on any atom is -0.353 e. The lowest BCUT2D eigenvalue weighted by Gasteiger charge is -2.31. The zero-order valence-corrected chi connectivity index (χ0v) is 12.9. The molecule has 1 aromatic rings. The van der Waals surface area contributed by atoms with Crippen molar-refractivity contribution in [2.45, 2.75) is 50.5 Å². The number of aromatic nitrogens is 1. The van der Waals surface area contributed by atoms with Crippen LogP contribution in [0.25, 0.3) is 0 Å². The number of nitrogens with zero attached hydrogens (tertiary/aromatic N) is 1. The Morgan fingerprint density at radius 2 is 1.95 bits per heavy atom. The highest BCUT2D eigenvalue weighted by atomic mass is 16.7. The van der Waals surface area contributed by atoms with Gasteiger partial charge in [0.25, 0.3) is 0 Å². The Bertz CT molecular complexity index is 469. The fraction of sp³-hybridized carbons (Fsp3) is 0.688. The standard InChI is InChI=1S/C16H25N3O3/c20-15(17-8-11-19-9-4-5-10-19)18-12-14-13-21-16(22-14)6-2-1-3-7-16/h4-5,9-10,14H,1-3,6-8,11-13H2,(H2,17,18,20)/t14-/m0/s1. The Morgan fingerprint density at radius 3 is 2.73 bits per heavy atom. The molecule has 3 rings (SSSR count). The number of ether oxygens (including phenoxy) is 2. The van der Waals surface area contributed by atoms with Crippen molar-refractivity contribution >= 4 is 6.03 Å². The summed E-state index contributed by atoms with van der Waals surface area (Å²) < 4.78 is 13.9. The van der Waals surface area contributed by atoms with E-state index in [2.05, 4.69) is 10.6 Å². The summed E-state index contributed by atoms with van der Waals surface area (Å²) in [4.78, 5) is 11.8. The summed E-state index contributed by atoms with van der Waals surface area (Å²) in [5.74, 6) is -0.366. The van der Waals surface area contributed by atoms with Crippen molar-refractivity contribution in [2.75, 3.05) is 19.7 Å². The maximum Gasteiger partial charge on any atom is 0.314 e. The number of hydrogen-bond acceptors (Lipinski definition) is 3. The van der Waals surface area contributed by atoms with Crippen molar-refractivity contribution in [3.05, 3.63) is 24.5 Å². The molecule has 0 unspecified atom stereocenters. The Kier molecular flexibility index (Phi) is 5.00. The highest BCUT2D eigenvalue weighted by Crippen LogP contribution is 2.37. The fourth-order valence-electron chi connectivity index (χ4n) is 3.16. The Labute approximate surface area is 131 Å². The minimum atomic E-state index is -0.366. The molecule has 2 amide bonds. The van der Waals surface area contributed by atoms with Crippen molar-refractivity contribution in [3.8, 4) is 0 Å². The molecular weight excluding hydrogens is 282 g/mol. The second-order valence-electron chi connectivity index (χ2n) is 6.08. The fourth-order valence-corrected chi connectivity index (χ4v) is 3.16. The van der Waals surface area contributed by atoms with E-state index >= 15 is 0 Å². The van der Waals surface area contributed by atoms with Gasteiger partial charge in [0.15, 0.2) is 5.79 Å². The van der Waals surface area contributed by atoms with E-state index in [0.717, 1.165) is 19.4 Å². The number of urea groups is 1. The maximum absolute atomic E-state index is 11.8. The number of hydrogen-bond donors (Lipinski definition) is 2. The molecule has 2 aliphatic rings. The molecule has 1 aliphatic heterocycles. The smallest absolute Gasteiger partial charge is 0.314 e. The van der Waals surface area contributed by atoms with E-state index in [9.17, 15) is 4.79 Å². The summed E-state index contributed by atoms with van der Waals surface area (Å²) >= 11 is 0. The number of rotatable bonds is 5. The highest BCUT2D eigenvalue weighted by Gasteiger charge is 2.42. The molecule has 0 bridgehead atoms. The molecule has 1 aromatic heterocycles. The quantitative estimate of drug-likeness (QED) is 0.873. The van der Waals surface area contributed by atoms with E-state index in [-0.39, 0.29) is 17.9 Å². The largest absolute Gasteiger partial charge is 0.353 e. The van der Waals surface area contributed by atoms with Crippen molar-refractivity contribution in [1.82, 2.24) is 15.2 Å². The average Bonchev–Trinajstić information content (AvgIpc) is 3.17. The van der Waals surface area contributed by atoms with Crippen LogP contribution in [0.5, 0.6) is 0 Å². The topological polar surface area (TPSA) is 64.5 Å². The van der Waals surface area contributed by atoms with Gasteiger partial charge in [-0.05, 0) is 25.0 Å². The predicted molar refractivity (Wildman–Crippen MR) is 82.5 cm³/mol. The van der Waals surface area contributed by atoms with Gasteiger partial charge < -0.3 is 24.7 Å². The van der Waals surface area contributed by atoms with E-state index in [0.29, 0.717) is 19.7 Å². The van der Waals surface area contributed by atoms with Crippen molar-refractivity contribution in [1.29, 1.82) is 0 Å². The van der Waals surface area contributed by atoms with E-state index in [4.69, 9.17) is 9.47 Å². The third-order valence-electron chi connectivity index (χ3n) is 4.34. The average molecular weight is 307 g/mol. The molecular formula is C16H25N3O3. The Morgan fingerprint density at radius 1 is 1.18 bits per heavy atom. The molecule has 2 heterocycles. The number of carbonyl (C=O) groups excluding carboxylic acids is 1. The first kappa shape index (κ1) is 15.4. The van der Waals surface area contributed by atoms with Crippen LogP contribution in [-0.4, -0.2) is 42.2 Å². The Hall–Kier alpha value is -1.53. The van der Waals surface area contributed by atoms with E-state index < -0.39 is 0 Å². The van der Waals surface area contributed by atoms with Gasteiger partial charge >= 0.3 is 6.03 Å². The van der Waals surface area contributed by atoms with Crippen LogP contribution in [0.15, 0.2) is 24.5 Å². The molecule has 0 aromatic carbocycles. The first-order chi connectivity index (χ1) is 10.8. The van der Waals surface area contributed by atoms with Gasteiger partial charge in [0, 0.05) is 44.9 Å². The van der Waals surface area contributed by atoms with E-state index in [1.165, 1.54) is 19.3 Å². The van der Waals surface area contributed by atoms with Crippen LogP contribution in [0.1, 0.15) is 32.1 Å². The van der Waals surface area contributed by atoms with Crippen LogP contribution in [0.4, 0.5) is 4.79 Å². The second kappa shape index (κ2) is 7.15. The van der Waals surface area contributed by atoms with Crippen molar-refractivity contribution < 1.29 is 14.3 Å². The monoisotopic (exact) mass is 307 g/mol. The second-order valence-corrected chi connectivity index (χ2v) is 6.08. The van der Waals surface area contributed by atoms with Gasteiger partial charge in [-0.1, -0.05) is 6.42 Å². The molecule has 6 heteroatoms. The molecule has 1 aliphatic carbocycles. The first-order valence-corrected chi connectivity index (χ1v) is 8.20. The number of amides is 2. The lowest BCUT2D eigenvalue weighted by atomic mass is 9.94. The molecule has 1 atom stereocenters. The molecule has 0 radical (unpaired) electrons. The molecule has 2 N–H and O–H groups in total. The summed E-state index contributed by atoms with van der Waals surface area (Å²) in [6.07, 6.45) is 9.48. The molecule has 1 saturated heterocycles. The molecule has 22 heavy (non-hydrogen) atoms. The summed E-state index contributed by atoms with van der Waals surface area (Å²) in [6.45, 7) is 2.44. The zero-order valence-electron chi connectivity index (χ0n) is 12.9. The minimum absolute atomic E-state index is 0.0340. The van der Waals surface area contributed by atoms with Crippen LogP contribution in [0.3, 0.4) is 0 Å². The number of carbonyl (C=O) groups is 1. The molecule has 122 valence electrons. The first-order valence-electron chi connectivity index (χ1n) is 8.20. The van der Waals surface area contributed by atoms with Gasteiger partial charge in [-0.15, -0.1) is 0 Å². The summed E-state index contributed by atoms with van der Waals surface area (Å²) in [6, 6.07) is 3.79. The van der Waals surface area contributed by atoms with Crippen LogP contribution < -0.4 is 10.6 Å². The Balaban J connectivity index is 1.31. The van der Waals surface area contributed by atoms with Gasteiger partial charge in [-0.3, -0.25) is 0 Å². The lowest BCUT2D eigenvalue weighted by molar-refractivity contribution is -0.186. The third kappa shape index (κ3) is 4.01. The maximum atomic E-state index is 11.8. The van der Waals surface area contributed by atoms with Crippen LogP contribution in [-0.2, 0) is 16.0 Å². The lowest BCUT2D eigenvalue weighted by Crippen LogP contribution is -2.42. The van der Waals surface area contributed by atoms with Gasteiger partial charge in [0.1, 0.15) is 6.10 Å². The molecule has 6 nitrogen and oxygen atoms in total. The SMILES string of the molecule is O=C(NCCn1cccc1)NC[C@H]1COC2(CCCCC2)O1. The van der Waals surface area contributed by atoms with Crippen LogP contribution in [0.2, 0.25) is 0 Å². The molecule has 1 saturated carbocycles. The van der Waals surface area contributed by atoms with E-state index in [1.54, 1.807) is 0 Å². The third-order valence-corrected chi connectivity index (χ3v) is 4.34. The summed E-state index contributed by atoms with van der Waals surface area (Å²) in [5.41, 5.74) is 0. The summed E-state index contributed by atoms with van der Waals surface area (Å²) in [7, 11) is 0. The van der Waals surface area contributed by atoms with Crippen LogP contribution >= 0.6 is 0 Å². The van der Waals surface area contributed by atoms with Gasteiger partial charge in [-0.25, -0.2) is 4.79 Å². The normalized spacial score (nSPS) is 23.5. The summed E-state index contributed by atoms with van der Waals surface area (Å²) in [5, 5.41) is 5.71. The van der Waals surface area contributed by atoms with Gasteiger partial charge in [0.2, 0.25) is 0 Å². The highest BCUT2D eigenvalue weighted by molar-refractivity contribution is 5.73. The van der Waals surface area contributed by atoms with E-state index in [1.807, 2.05) is 29.1 Å². The van der Waals surface area contributed by atoms with Crippen molar-refractivity contribution in [3.63, 3.8) is 0 Å². The van der Waals surface area contributed by atoms with Gasteiger partial charge in [0.05, 0.1) is 6.61 Å². The molecule has 2 fully saturated rings. The zero-order chi connectivity index (χ0) is 15.3. The van der Waals surface area contributed by atoms with Crippen LogP contribution in [0, 0.1) is 0 Å². The molecule has 1 spiro atoms. The number of nitrogens with one attached hydrogen (secondary N) is 2.